The highest BCUT2D eigenvalue weighted by molar-refractivity contribution is 7.11. The monoisotopic (exact) mass is 315 g/mol. The van der Waals surface area contributed by atoms with Crippen LogP contribution in [0.4, 0.5) is 13.2 Å². The molecule has 0 bridgehead atoms. The van der Waals surface area contributed by atoms with Gasteiger partial charge >= 0.3 is 6.18 Å². The van der Waals surface area contributed by atoms with Gasteiger partial charge in [0.2, 0.25) is 0 Å². The van der Waals surface area contributed by atoms with Gasteiger partial charge in [-0.3, -0.25) is 0 Å². The fourth-order valence-corrected chi connectivity index (χ4v) is 2.84. The highest BCUT2D eigenvalue weighted by Gasteiger charge is 2.29. The summed E-state index contributed by atoms with van der Waals surface area (Å²) in [6.07, 6.45) is -4.28. The van der Waals surface area contributed by atoms with Gasteiger partial charge in [0.1, 0.15) is 0 Å². The van der Waals surface area contributed by atoms with Crippen LogP contribution >= 0.6 is 11.3 Å². The summed E-state index contributed by atoms with van der Waals surface area (Å²) in [5.41, 5.74) is 0.213. The summed E-state index contributed by atoms with van der Waals surface area (Å²) in [6, 6.07) is 9.26. The van der Waals surface area contributed by atoms with Gasteiger partial charge in [0, 0.05) is 30.0 Å². The van der Waals surface area contributed by atoms with Gasteiger partial charge in [-0.1, -0.05) is 12.1 Å². The van der Waals surface area contributed by atoms with Crippen molar-refractivity contribution in [3.8, 4) is 0 Å². The minimum absolute atomic E-state index is 0.537. The zero-order chi connectivity index (χ0) is 15.3. The van der Waals surface area contributed by atoms with E-state index < -0.39 is 11.7 Å². The van der Waals surface area contributed by atoms with Crippen LogP contribution in [0, 0.1) is 0 Å². The molecule has 2 nitrogen and oxygen atoms in total. The van der Waals surface area contributed by atoms with Gasteiger partial charge in [0.05, 0.1) is 12.2 Å². The lowest BCUT2D eigenvalue weighted by molar-refractivity contribution is -0.137. The maximum absolute atomic E-state index is 12.4. The Hall–Kier alpha value is -1.37. The van der Waals surface area contributed by atoms with Crippen LogP contribution in [0.1, 0.15) is 20.9 Å². The summed E-state index contributed by atoms with van der Waals surface area (Å²) in [7, 11) is 1.66. The summed E-state index contributed by atoms with van der Waals surface area (Å²) in [5, 5.41) is 3.22. The average Bonchev–Trinajstić information content (AvgIpc) is 2.86. The lowest BCUT2D eigenvalue weighted by atomic mass is 10.1. The van der Waals surface area contributed by atoms with E-state index in [4.69, 9.17) is 4.74 Å². The molecule has 21 heavy (non-hydrogen) atoms. The average molecular weight is 315 g/mol. The van der Waals surface area contributed by atoms with Gasteiger partial charge in [-0.05, 0) is 29.8 Å². The van der Waals surface area contributed by atoms with Crippen LogP contribution < -0.4 is 5.32 Å². The van der Waals surface area contributed by atoms with E-state index in [1.54, 1.807) is 18.4 Å². The molecule has 0 atom stereocenters. The lowest BCUT2D eigenvalue weighted by Crippen LogP contribution is -2.12. The molecular formula is C15H16F3NOS. The van der Waals surface area contributed by atoms with Crippen LogP contribution in [0.3, 0.4) is 0 Å². The number of thiophene rings is 1. The van der Waals surface area contributed by atoms with Crippen molar-refractivity contribution < 1.29 is 17.9 Å². The molecule has 1 aromatic heterocycles. The van der Waals surface area contributed by atoms with E-state index in [0.717, 1.165) is 22.6 Å². The summed E-state index contributed by atoms with van der Waals surface area (Å²) in [6.45, 7) is 1.83. The van der Waals surface area contributed by atoms with Crippen molar-refractivity contribution >= 4 is 11.3 Å². The molecule has 0 saturated carbocycles. The van der Waals surface area contributed by atoms with E-state index in [0.29, 0.717) is 19.7 Å². The fourth-order valence-electron chi connectivity index (χ4n) is 1.88. The van der Waals surface area contributed by atoms with E-state index in [2.05, 4.69) is 5.32 Å². The minimum atomic E-state index is -4.28. The normalized spacial score (nSPS) is 11.8. The zero-order valence-electron chi connectivity index (χ0n) is 11.5. The lowest BCUT2D eigenvalue weighted by Gasteiger charge is -2.08. The van der Waals surface area contributed by atoms with Crippen LogP contribution in [-0.4, -0.2) is 7.11 Å². The number of hydrogen-bond acceptors (Lipinski definition) is 3. The van der Waals surface area contributed by atoms with Gasteiger partial charge in [-0.15, -0.1) is 11.3 Å². The third kappa shape index (κ3) is 4.84. The maximum atomic E-state index is 12.4. The van der Waals surface area contributed by atoms with Crippen molar-refractivity contribution in [2.75, 3.05) is 7.11 Å². The molecule has 0 fully saturated rings. The van der Waals surface area contributed by atoms with Gasteiger partial charge < -0.3 is 10.1 Å². The molecule has 2 aromatic rings. The van der Waals surface area contributed by atoms with Crippen molar-refractivity contribution in [3.05, 3.63) is 57.3 Å². The van der Waals surface area contributed by atoms with Crippen molar-refractivity contribution in [2.24, 2.45) is 0 Å². The van der Waals surface area contributed by atoms with Crippen LogP contribution in [0.25, 0.3) is 0 Å². The van der Waals surface area contributed by atoms with Gasteiger partial charge in [0.15, 0.2) is 0 Å². The first-order valence-corrected chi connectivity index (χ1v) is 7.24. The van der Waals surface area contributed by atoms with Crippen LogP contribution in [0.15, 0.2) is 36.4 Å². The summed E-state index contributed by atoms with van der Waals surface area (Å²) >= 11 is 1.66. The quantitative estimate of drug-likeness (QED) is 0.862. The summed E-state index contributed by atoms with van der Waals surface area (Å²) in [4.78, 5) is 2.33. The van der Waals surface area contributed by atoms with Crippen LogP contribution in [-0.2, 0) is 30.6 Å². The Kier molecular flexibility index (Phi) is 5.39. The molecule has 0 radical (unpaired) electrons. The van der Waals surface area contributed by atoms with Crippen LogP contribution in [0.2, 0.25) is 0 Å². The third-order valence-electron chi connectivity index (χ3n) is 2.91. The first-order chi connectivity index (χ1) is 9.99. The molecular weight excluding hydrogens is 299 g/mol. The molecule has 0 spiro atoms. The van der Waals surface area contributed by atoms with E-state index in [9.17, 15) is 13.2 Å². The van der Waals surface area contributed by atoms with E-state index in [-0.39, 0.29) is 0 Å². The first kappa shape index (κ1) is 16.0. The SMILES string of the molecule is COCc1ccc(CNCc2ccc(C(F)(F)F)cc2)s1. The van der Waals surface area contributed by atoms with Crippen molar-refractivity contribution in [3.63, 3.8) is 0 Å². The topological polar surface area (TPSA) is 21.3 Å². The van der Waals surface area contributed by atoms with Crippen molar-refractivity contribution in [2.45, 2.75) is 25.9 Å². The predicted octanol–water partition coefficient (Wildman–Crippen LogP) is 4.20. The number of rotatable bonds is 6. The molecule has 114 valence electrons. The zero-order valence-corrected chi connectivity index (χ0v) is 12.4. The maximum Gasteiger partial charge on any atom is 0.416 e. The van der Waals surface area contributed by atoms with Crippen molar-refractivity contribution in [1.29, 1.82) is 0 Å². The smallest absolute Gasteiger partial charge is 0.379 e. The Bertz CT molecular complexity index is 563. The Morgan fingerprint density at radius 2 is 1.67 bits per heavy atom. The second-order valence-electron chi connectivity index (χ2n) is 4.60. The molecule has 0 saturated heterocycles. The number of ether oxygens (including phenoxy) is 1. The molecule has 0 aliphatic carbocycles. The Balaban J connectivity index is 1.82. The molecule has 1 heterocycles. The number of benzene rings is 1. The van der Waals surface area contributed by atoms with E-state index in [1.165, 1.54) is 17.0 Å². The Morgan fingerprint density at radius 3 is 2.29 bits per heavy atom. The Morgan fingerprint density at radius 1 is 1.00 bits per heavy atom. The second kappa shape index (κ2) is 7.06. The molecule has 0 aliphatic rings. The van der Waals surface area contributed by atoms with Gasteiger partial charge in [-0.25, -0.2) is 0 Å². The minimum Gasteiger partial charge on any atom is -0.379 e. The largest absolute Gasteiger partial charge is 0.416 e. The van der Waals surface area contributed by atoms with Gasteiger partial charge in [0.25, 0.3) is 0 Å². The highest BCUT2D eigenvalue weighted by Crippen LogP contribution is 2.29. The Labute approximate surface area is 125 Å². The van der Waals surface area contributed by atoms with Gasteiger partial charge in [-0.2, -0.15) is 13.2 Å². The standard InChI is InChI=1S/C15H16F3NOS/c1-20-10-14-7-6-13(21-14)9-19-8-11-2-4-12(5-3-11)15(16,17)18/h2-7,19H,8-10H2,1H3. The highest BCUT2D eigenvalue weighted by atomic mass is 32.1. The molecule has 0 unspecified atom stereocenters. The molecule has 0 amide bonds. The number of halogens is 3. The number of nitrogens with one attached hydrogen (secondary N) is 1. The molecule has 2 rings (SSSR count). The third-order valence-corrected chi connectivity index (χ3v) is 3.97. The fraction of sp³-hybridized carbons (Fsp3) is 0.333. The summed E-state index contributed by atoms with van der Waals surface area (Å²) in [5.74, 6) is 0. The summed E-state index contributed by atoms with van der Waals surface area (Å²) < 4.78 is 42.4. The second-order valence-corrected chi connectivity index (χ2v) is 5.85. The number of alkyl halides is 3. The molecule has 1 N–H and O–H groups in total. The van der Waals surface area contributed by atoms with Crippen LogP contribution in [0.5, 0.6) is 0 Å². The molecule has 1 aromatic carbocycles. The van der Waals surface area contributed by atoms with Crippen molar-refractivity contribution in [1.82, 2.24) is 5.32 Å². The number of hydrogen-bond donors (Lipinski definition) is 1. The van der Waals surface area contributed by atoms with E-state index in [1.807, 2.05) is 12.1 Å². The first-order valence-electron chi connectivity index (χ1n) is 6.42. The molecule has 0 aliphatic heterocycles. The predicted molar refractivity (Wildman–Crippen MR) is 77.0 cm³/mol. The van der Waals surface area contributed by atoms with E-state index >= 15 is 0 Å². The number of methoxy groups -OCH3 is 1. The molecule has 6 heteroatoms.